The van der Waals surface area contributed by atoms with E-state index in [1.54, 1.807) is 6.07 Å². The number of imidazole rings is 1. The van der Waals surface area contributed by atoms with Crippen molar-refractivity contribution in [1.82, 2.24) is 9.97 Å². The van der Waals surface area contributed by atoms with E-state index in [1.165, 1.54) is 31.0 Å². The van der Waals surface area contributed by atoms with Crippen LogP contribution in [0.2, 0.25) is 0 Å². The van der Waals surface area contributed by atoms with Crippen LogP contribution >= 0.6 is 11.8 Å². The van der Waals surface area contributed by atoms with Crippen LogP contribution in [0.25, 0.3) is 11.0 Å². The Labute approximate surface area is 106 Å². The van der Waals surface area contributed by atoms with Gasteiger partial charge in [0.05, 0.1) is 28.8 Å². The first-order valence-electron chi connectivity index (χ1n) is 4.94. The number of aromatic nitrogens is 2. The Balaban J connectivity index is 2.22. The number of nitrogens with zero attached hydrogens (tertiary/aromatic N) is 2. The van der Waals surface area contributed by atoms with Crippen LogP contribution in [-0.2, 0) is 9.53 Å². The van der Waals surface area contributed by atoms with Crippen LogP contribution < -0.4 is 0 Å². The van der Waals surface area contributed by atoms with Gasteiger partial charge in [0.15, 0.2) is 5.16 Å². The number of non-ortho nitro benzene ring substituents is 1. The van der Waals surface area contributed by atoms with Crippen molar-refractivity contribution in [2.75, 3.05) is 12.9 Å². The minimum atomic E-state index is -0.471. The van der Waals surface area contributed by atoms with Crippen molar-refractivity contribution in [3.8, 4) is 0 Å². The molecular formula is C10H9N3O4S. The highest BCUT2D eigenvalue weighted by atomic mass is 32.2. The molecule has 1 aromatic carbocycles. The van der Waals surface area contributed by atoms with Crippen LogP contribution in [0.1, 0.15) is 0 Å². The third-order valence-electron chi connectivity index (χ3n) is 2.21. The van der Waals surface area contributed by atoms with Crippen LogP contribution in [0, 0.1) is 10.1 Å². The van der Waals surface area contributed by atoms with Crippen molar-refractivity contribution in [1.29, 1.82) is 0 Å². The Morgan fingerprint density at radius 1 is 1.61 bits per heavy atom. The first kappa shape index (κ1) is 12.4. The molecule has 0 saturated carbocycles. The molecule has 1 heterocycles. The number of nitro groups is 1. The normalized spacial score (nSPS) is 10.5. The van der Waals surface area contributed by atoms with Crippen molar-refractivity contribution in [3.05, 3.63) is 28.3 Å². The first-order chi connectivity index (χ1) is 8.60. The molecule has 2 aromatic rings. The predicted molar refractivity (Wildman–Crippen MR) is 65.5 cm³/mol. The fourth-order valence-electron chi connectivity index (χ4n) is 1.34. The average Bonchev–Trinajstić information content (AvgIpc) is 2.77. The summed E-state index contributed by atoms with van der Waals surface area (Å²) in [6.45, 7) is 0. The van der Waals surface area contributed by atoms with Gasteiger partial charge in [-0.25, -0.2) is 4.98 Å². The van der Waals surface area contributed by atoms with E-state index >= 15 is 0 Å². The zero-order valence-corrected chi connectivity index (χ0v) is 10.2. The van der Waals surface area contributed by atoms with Gasteiger partial charge in [0.2, 0.25) is 0 Å². The van der Waals surface area contributed by atoms with Gasteiger partial charge in [0, 0.05) is 12.1 Å². The summed E-state index contributed by atoms with van der Waals surface area (Å²) in [6.07, 6.45) is 0. The Bertz CT molecular complexity index is 610. The van der Waals surface area contributed by atoms with Crippen molar-refractivity contribution in [2.45, 2.75) is 5.16 Å². The van der Waals surface area contributed by atoms with Crippen molar-refractivity contribution >= 4 is 34.5 Å². The number of esters is 1. The van der Waals surface area contributed by atoms with Crippen LogP contribution in [0.5, 0.6) is 0 Å². The SMILES string of the molecule is COC(=O)CSc1nc2ccc([N+](=O)[O-])cc2[nH]1. The summed E-state index contributed by atoms with van der Waals surface area (Å²) in [6, 6.07) is 4.36. The molecule has 8 heteroatoms. The molecule has 0 fully saturated rings. The third-order valence-corrected chi connectivity index (χ3v) is 3.06. The number of carbonyl (C=O) groups excluding carboxylic acids is 1. The Morgan fingerprint density at radius 2 is 2.39 bits per heavy atom. The summed E-state index contributed by atoms with van der Waals surface area (Å²) in [5.74, 6) is -0.218. The third kappa shape index (κ3) is 2.59. The number of benzene rings is 1. The molecule has 0 aliphatic carbocycles. The standard InChI is InChI=1S/C10H9N3O4S/c1-17-9(14)5-18-10-11-7-3-2-6(13(15)16)4-8(7)12-10/h2-4H,5H2,1H3,(H,11,12). The van der Waals surface area contributed by atoms with Gasteiger partial charge in [-0.15, -0.1) is 0 Å². The van der Waals surface area contributed by atoms with Crippen LogP contribution in [0.4, 0.5) is 5.69 Å². The van der Waals surface area contributed by atoms with Gasteiger partial charge in [-0.3, -0.25) is 14.9 Å². The van der Waals surface area contributed by atoms with E-state index in [0.29, 0.717) is 16.2 Å². The van der Waals surface area contributed by atoms with E-state index in [4.69, 9.17) is 0 Å². The summed E-state index contributed by atoms with van der Waals surface area (Å²) < 4.78 is 4.51. The molecule has 0 amide bonds. The second kappa shape index (κ2) is 5.05. The number of carbonyl (C=O) groups is 1. The van der Waals surface area contributed by atoms with E-state index in [2.05, 4.69) is 14.7 Å². The van der Waals surface area contributed by atoms with E-state index in [-0.39, 0.29) is 17.4 Å². The monoisotopic (exact) mass is 267 g/mol. The fraction of sp³-hybridized carbons (Fsp3) is 0.200. The second-order valence-electron chi connectivity index (χ2n) is 3.37. The number of nitrogens with one attached hydrogen (secondary N) is 1. The quantitative estimate of drug-likeness (QED) is 0.392. The largest absolute Gasteiger partial charge is 0.468 e. The topological polar surface area (TPSA) is 98.1 Å². The summed E-state index contributed by atoms with van der Waals surface area (Å²) in [5.41, 5.74) is 1.18. The second-order valence-corrected chi connectivity index (χ2v) is 4.33. The Morgan fingerprint density at radius 3 is 3.06 bits per heavy atom. The summed E-state index contributed by atoms with van der Waals surface area (Å²) in [4.78, 5) is 28.2. The number of aromatic amines is 1. The highest BCUT2D eigenvalue weighted by Crippen LogP contribution is 2.23. The van der Waals surface area contributed by atoms with Crippen LogP contribution in [0.15, 0.2) is 23.4 Å². The van der Waals surface area contributed by atoms with Gasteiger partial charge in [0.1, 0.15) is 0 Å². The summed E-state index contributed by atoms with van der Waals surface area (Å²) >= 11 is 1.18. The number of ether oxygens (including phenoxy) is 1. The summed E-state index contributed by atoms with van der Waals surface area (Å²) in [7, 11) is 1.31. The van der Waals surface area contributed by atoms with E-state index < -0.39 is 4.92 Å². The zero-order valence-electron chi connectivity index (χ0n) is 9.37. The predicted octanol–water partition coefficient (Wildman–Crippen LogP) is 1.74. The molecule has 0 aliphatic heterocycles. The molecule has 0 saturated heterocycles. The number of methoxy groups -OCH3 is 1. The zero-order chi connectivity index (χ0) is 13.1. The van der Waals surface area contributed by atoms with Crippen molar-refractivity contribution < 1.29 is 14.5 Å². The van der Waals surface area contributed by atoms with E-state index in [1.807, 2.05) is 0 Å². The molecule has 94 valence electrons. The lowest BCUT2D eigenvalue weighted by molar-refractivity contribution is -0.384. The number of hydrogen-bond donors (Lipinski definition) is 1. The van der Waals surface area contributed by atoms with Crippen LogP contribution in [-0.4, -0.2) is 33.7 Å². The molecule has 18 heavy (non-hydrogen) atoms. The van der Waals surface area contributed by atoms with Gasteiger partial charge >= 0.3 is 5.97 Å². The molecule has 0 aliphatic rings. The smallest absolute Gasteiger partial charge is 0.316 e. The lowest BCUT2D eigenvalue weighted by Crippen LogP contribution is -2.02. The lowest BCUT2D eigenvalue weighted by atomic mass is 10.3. The molecule has 7 nitrogen and oxygen atoms in total. The van der Waals surface area contributed by atoms with E-state index in [0.717, 1.165) is 0 Å². The molecular weight excluding hydrogens is 258 g/mol. The number of thioether (sulfide) groups is 1. The van der Waals surface area contributed by atoms with Gasteiger partial charge in [-0.2, -0.15) is 0 Å². The average molecular weight is 267 g/mol. The molecule has 1 aromatic heterocycles. The maximum Gasteiger partial charge on any atom is 0.316 e. The van der Waals surface area contributed by atoms with Gasteiger partial charge in [-0.05, 0) is 6.07 Å². The Kier molecular flexibility index (Phi) is 3.47. The number of fused-ring (bicyclic) bond motifs is 1. The lowest BCUT2D eigenvalue weighted by Gasteiger charge is -1.95. The number of nitro benzene ring substituents is 1. The number of H-pyrrole nitrogens is 1. The maximum absolute atomic E-state index is 11.0. The van der Waals surface area contributed by atoms with Gasteiger partial charge in [0.25, 0.3) is 5.69 Å². The molecule has 2 rings (SSSR count). The molecule has 0 atom stereocenters. The van der Waals surface area contributed by atoms with Gasteiger partial charge in [-0.1, -0.05) is 11.8 Å². The molecule has 0 spiro atoms. The van der Waals surface area contributed by atoms with Crippen molar-refractivity contribution in [3.63, 3.8) is 0 Å². The van der Waals surface area contributed by atoms with Crippen LogP contribution in [0.3, 0.4) is 0 Å². The van der Waals surface area contributed by atoms with E-state index in [9.17, 15) is 14.9 Å². The number of hydrogen-bond acceptors (Lipinski definition) is 6. The minimum Gasteiger partial charge on any atom is -0.468 e. The molecule has 1 N–H and O–H groups in total. The summed E-state index contributed by atoms with van der Waals surface area (Å²) in [5, 5.41) is 11.1. The molecule has 0 unspecified atom stereocenters. The Hall–Kier alpha value is -2.09. The fourth-order valence-corrected chi connectivity index (χ4v) is 2.06. The van der Waals surface area contributed by atoms with Crippen molar-refractivity contribution in [2.24, 2.45) is 0 Å². The first-order valence-corrected chi connectivity index (χ1v) is 5.92. The highest BCUT2D eigenvalue weighted by Gasteiger charge is 2.10. The maximum atomic E-state index is 11.0. The van der Waals surface area contributed by atoms with Gasteiger partial charge < -0.3 is 9.72 Å². The minimum absolute atomic E-state index is 0.00401. The molecule has 0 radical (unpaired) electrons. The number of rotatable bonds is 4. The highest BCUT2D eigenvalue weighted by molar-refractivity contribution is 7.99. The molecule has 0 bridgehead atoms.